The third-order valence-corrected chi connectivity index (χ3v) is 1.59. The average molecular weight is 217 g/mol. The lowest BCUT2D eigenvalue weighted by atomic mass is 10.2. The van der Waals surface area contributed by atoms with E-state index in [1.54, 1.807) is 0 Å². The zero-order valence-corrected chi connectivity index (χ0v) is 8.65. The van der Waals surface area contributed by atoms with Gasteiger partial charge in [-0.25, -0.2) is 14.4 Å². The maximum Gasteiger partial charge on any atom is 0.426 e. The van der Waals surface area contributed by atoms with Crippen LogP contribution in [0.3, 0.4) is 0 Å². The first kappa shape index (κ1) is 13.4. The third-order valence-electron chi connectivity index (χ3n) is 1.59. The van der Waals surface area contributed by atoms with Crippen LogP contribution in [-0.2, 0) is 19.1 Å². The van der Waals surface area contributed by atoms with Gasteiger partial charge in [0, 0.05) is 0 Å². The Balaban J connectivity index is 3.56. The van der Waals surface area contributed by atoms with Crippen molar-refractivity contribution < 1.29 is 23.9 Å². The Morgan fingerprint density at radius 3 is 2.27 bits per heavy atom. The van der Waals surface area contributed by atoms with E-state index in [1.165, 1.54) is 0 Å². The molecule has 0 aliphatic rings. The molecule has 2 N–H and O–H groups in total. The molecule has 0 rings (SSSR count). The Bertz CT molecular complexity index is 239. The second kappa shape index (κ2) is 7.78. The van der Waals surface area contributed by atoms with Gasteiger partial charge in [0.05, 0.1) is 6.61 Å². The number of carbonyl (C=O) groups excluding carboxylic acids is 3. The largest absolute Gasteiger partial charge is 0.457 e. The summed E-state index contributed by atoms with van der Waals surface area (Å²) in [7, 11) is 0. The molecule has 0 fully saturated rings. The van der Waals surface area contributed by atoms with E-state index in [0.717, 1.165) is 19.3 Å². The van der Waals surface area contributed by atoms with Crippen LogP contribution in [0, 0.1) is 0 Å². The Kier molecular flexibility index (Phi) is 6.96. The zero-order chi connectivity index (χ0) is 11.7. The smallest absolute Gasteiger partial charge is 0.426 e. The van der Waals surface area contributed by atoms with Crippen LogP contribution < -0.4 is 5.73 Å². The third kappa shape index (κ3) is 7.48. The molecule has 0 heterocycles. The molecule has 6 nitrogen and oxygen atoms in total. The number of hydrogen-bond acceptors (Lipinski definition) is 5. The van der Waals surface area contributed by atoms with Crippen LogP contribution in [0.2, 0.25) is 0 Å². The van der Waals surface area contributed by atoms with E-state index in [1.807, 2.05) is 0 Å². The normalized spacial score (nSPS) is 9.40. The minimum atomic E-state index is -1.38. The van der Waals surface area contributed by atoms with Crippen molar-refractivity contribution in [3.8, 4) is 0 Å². The zero-order valence-electron chi connectivity index (χ0n) is 8.65. The molecule has 6 heteroatoms. The van der Waals surface area contributed by atoms with Gasteiger partial charge in [0.1, 0.15) is 0 Å². The van der Waals surface area contributed by atoms with Gasteiger partial charge in [-0.1, -0.05) is 26.2 Å². The van der Waals surface area contributed by atoms with Crippen molar-refractivity contribution in [3.05, 3.63) is 0 Å². The molecule has 0 radical (unpaired) electrons. The number of ether oxygens (including phenoxy) is 2. The lowest BCUT2D eigenvalue weighted by Gasteiger charge is -2.02. The van der Waals surface area contributed by atoms with Crippen LogP contribution in [0.25, 0.3) is 0 Å². The molecule has 86 valence electrons. The predicted octanol–water partition coefficient (Wildman–Crippen LogP) is 0.732. The molecule has 0 aromatic rings. The van der Waals surface area contributed by atoms with Gasteiger partial charge in [-0.3, -0.25) is 0 Å². The van der Waals surface area contributed by atoms with Crippen molar-refractivity contribution >= 4 is 18.0 Å². The van der Waals surface area contributed by atoms with Gasteiger partial charge in [0.25, 0.3) is 0 Å². The highest BCUT2D eigenvalue weighted by Crippen LogP contribution is 1.99. The number of nitrogens with two attached hydrogens (primary N) is 1. The summed E-state index contributed by atoms with van der Waals surface area (Å²) in [6.45, 7) is 2.20. The second-order valence-corrected chi connectivity index (χ2v) is 2.91. The highest BCUT2D eigenvalue weighted by atomic mass is 16.6. The van der Waals surface area contributed by atoms with Gasteiger partial charge in [0.15, 0.2) is 0 Å². The summed E-state index contributed by atoms with van der Waals surface area (Å²) >= 11 is 0. The standard InChI is InChI=1S/C9H15NO5/c1-2-3-4-5-6-14-7(11)8(12)15-9(10)13/h2-6H2,1H3,(H2,10,13). The van der Waals surface area contributed by atoms with Gasteiger partial charge in [0.2, 0.25) is 0 Å². The molecule has 15 heavy (non-hydrogen) atoms. The SMILES string of the molecule is CCCCCCOC(=O)C(=O)OC(N)=O. The molecule has 0 aliphatic carbocycles. The van der Waals surface area contributed by atoms with Crippen molar-refractivity contribution in [1.82, 2.24) is 0 Å². The molecule has 0 aliphatic heterocycles. The van der Waals surface area contributed by atoms with Crippen molar-refractivity contribution in [3.63, 3.8) is 0 Å². The van der Waals surface area contributed by atoms with Crippen molar-refractivity contribution in [2.24, 2.45) is 5.73 Å². The Hall–Kier alpha value is -1.59. The highest BCUT2D eigenvalue weighted by Gasteiger charge is 2.19. The molecule has 1 amide bonds. The summed E-state index contributed by atoms with van der Waals surface area (Å²) in [4.78, 5) is 31.6. The molecule has 0 spiro atoms. The molecule has 0 aromatic carbocycles. The quantitative estimate of drug-likeness (QED) is 0.317. The number of primary amides is 1. The first-order valence-electron chi connectivity index (χ1n) is 4.76. The average Bonchev–Trinajstić information content (AvgIpc) is 2.16. The van der Waals surface area contributed by atoms with Gasteiger partial charge < -0.3 is 15.2 Å². The summed E-state index contributed by atoms with van der Waals surface area (Å²) in [6, 6.07) is 0. The number of hydrogen-bond donors (Lipinski definition) is 1. The van der Waals surface area contributed by atoms with Crippen LogP contribution in [0.15, 0.2) is 0 Å². The van der Waals surface area contributed by atoms with E-state index in [9.17, 15) is 14.4 Å². The van der Waals surface area contributed by atoms with E-state index in [2.05, 4.69) is 22.1 Å². The maximum atomic E-state index is 10.8. The first-order valence-corrected chi connectivity index (χ1v) is 4.76. The molecule has 0 unspecified atom stereocenters. The summed E-state index contributed by atoms with van der Waals surface area (Å²) in [5, 5.41) is 0. The molecule has 0 saturated heterocycles. The topological polar surface area (TPSA) is 95.7 Å². The van der Waals surface area contributed by atoms with Crippen LogP contribution in [-0.4, -0.2) is 24.6 Å². The monoisotopic (exact) mass is 217 g/mol. The first-order chi connectivity index (χ1) is 7.07. The minimum Gasteiger partial charge on any atom is -0.457 e. The van der Waals surface area contributed by atoms with Crippen molar-refractivity contribution in [2.45, 2.75) is 32.6 Å². The fourth-order valence-corrected chi connectivity index (χ4v) is 0.886. The number of esters is 2. The molecule has 0 aromatic heterocycles. The Morgan fingerprint density at radius 2 is 1.73 bits per heavy atom. The predicted molar refractivity (Wildman–Crippen MR) is 50.8 cm³/mol. The van der Waals surface area contributed by atoms with Gasteiger partial charge in [-0.2, -0.15) is 0 Å². The molecule has 0 atom stereocenters. The van der Waals surface area contributed by atoms with E-state index in [4.69, 9.17) is 0 Å². The molecule has 0 bridgehead atoms. The Labute approximate surface area is 87.7 Å². The van der Waals surface area contributed by atoms with Gasteiger partial charge in [-0.05, 0) is 6.42 Å². The van der Waals surface area contributed by atoms with Crippen LogP contribution in [0.1, 0.15) is 32.6 Å². The van der Waals surface area contributed by atoms with E-state index in [-0.39, 0.29) is 6.61 Å². The fraction of sp³-hybridized carbons (Fsp3) is 0.667. The second-order valence-electron chi connectivity index (χ2n) is 2.91. The molecular formula is C9H15NO5. The van der Waals surface area contributed by atoms with Crippen LogP contribution >= 0.6 is 0 Å². The van der Waals surface area contributed by atoms with Gasteiger partial charge in [-0.15, -0.1) is 0 Å². The highest BCUT2D eigenvalue weighted by molar-refractivity contribution is 6.31. The number of rotatable bonds is 5. The van der Waals surface area contributed by atoms with Crippen LogP contribution in [0.5, 0.6) is 0 Å². The number of amides is 1. The maximum absolute atomic E-state index is 10.8. The summed E-state index contributed by atoms with van der Waals surface area (Å²) in [6.07, 6.45) is 2.40. The lowest BCUT2D eigenvalue weighted by molar-refractivity contribution is -0.163. The van der Waals surface area contributed by atoms with Crippen LogP contribution in [0.4, 0.5) is 4.79 Å². The summed E-state index contributed by atoms with van der Waals surface area (Å²) < 4.78 is 8.35. The minimum absolute atomic E-state index is 0.146. The molecule has 0 saturated carbocycles. The Morgan fingerprint density at radius 1 is 1.07 bits per heavy atom. The lowest BCUT2D eigenvalue weighted by Crippen LogP contribution is -2.26. The number of unbranched alkanes of at least 4 members (excludes halogenated alkanes) is 3. The summed E-state index contributed by atoms with van der Waals surface area (Å²) in [5.74, 6) is -2.57. The van der Waals surface area contributed by atoms with Crippen molar-refractivity contribution in [1.29, 1.82) is 0 Å². The molecular weight excluding hydrogens is 202 g/mol. The van der Waals surface area contributed by atoms with E-state index < -0.39 is 18.0 Å². The van der Waals surface area contributed by atoms with Gasteiger partial charge >= 0.3 is 18.0 Å². The van der Waals surface area contributed by atoms with E-state index >= 15 is 0 Å². The fourth-order valence-electron chi connectivity index (χ4n) is 0.886. The number of carbonyl (C=O) groups is 3. The van der Waals surface area contributed by atoms with E-state index in [0.29, 0.717) is 6.42 Å². The van der Waals surface area contributed by atoms with Crippen molar-refractivity contribution in [2.75, 3.05) is 6.61 Å². The summed E-state index contributed by atoms with van der Waals surface area (Å²) in [5.41, 5.74) is 4.54.